The van der Waals surface area contributed by atoms with E-state index in [0.717, 1.165) is 24.1 Å². The summed E-state index contributed by atoms with van der Waals surface area (Å²) in [7, 11) is 1.82. The molecule has 0 saturated heterocycles. The molecule has 1 aromatic rings. The lowest BCUT2D eigenvalue weighted by Gasteiger charge is -2.26. The van der Waals surface area contributed by atoms with Crippen molar-refractivity contribution in [3.05, 3.63) is 113 Å². The standard InChI is InChI=1S/C34H44F2N4O3/c1-9-12-32(28(10-2)34(42)38-17-18-41)39-22(4)15-16-37-25(7)23(5)24(6)33(26-13-14-26)40(8)21-29-30(35)19-27(43-11-3)20-31(29)36/h9-10,12,15-16,19-20,26,39,41H,1,5,7,11,13-14,17-18,21H2,2-4,6,8H3,(H,38,42)/b22-15+,28-10+,32-12+,33-24-,37-16?. The summed E-state index contributed by atoms with van der Waals surface area (Å²) in [5, 5.41) is 14.8. The van der Waals surface area contributed by atoms with Crippen LogP contribution in [0.4, 0.5) is 8.78 Å². The molecule has 9 heteroatoms. The molecule has 7 nitrogen and oxygen atoms in total. The zero-order valence-electron chi connectivity index (χ0n) is 25.9. The quantitative estimate of drug-likeness (QED) is 0.113. The highest BCUT2D eigenvalue weighted by molar-refractivity contribution is 5.97. The van der Waals surface area contributed by atoms with Gasteiger partial charge in [0.2, 0.25) is 0 Å². The summed E-state index contributed by atoms with van der Waals surface area (Å²) in [6, 6.07) is 2.43. The normalized spacial score (nSPS) is 14.7. The fourth-order valence-electron chi connectivity index (χ4n) is 4.50. The van der Waals surface area contributed by atoms with Crippen LogP contribution in [0.5, 0.6) is 5.75 Å². The molecule has 1 saturated carbocycles. The van der Waals surface area contributed by atoms with Crippen LogP contribution in [-0.4, -0.2) is 48.9 Å². The molecule has 1 fully saturated rings. The van der Waals surface area contributed by atoms with E-state index < -0.39 is 11.6 Å². The molecule has 0 heterocycles. The summed E-state index contributed by atoms with van der Waals surface area (Å²) in [6.45, 7) is 19.6. The van der Waals surface area contributed by atoms with Crippen LogP contribution in [0.1, 0.15) is 46.1 Å². The van der Waals surface area contributed by atoms with Gasteiger partial charge in [0.25, 0.3) is 5.91 Å². The van der Waals surface area contributed by atoms with Gasteiger partial charge < -0.3 is 25.4 Å². The van der Waals surface area contributed by atoms with E-state index in [2.05, 4.69) is 35.4 Å². The zero-order chi connectivity index (χ0) is 32.1. The van der Waals surface area contributed by atoms with Gasteiger partial charge in [-0.3, -0.25) is 9.79 Å². The molecule has 1 amide bonds. The highest BCUT2D eigenvalue weighted by Crippen LogP contribution is 2.42. The van der Waals surface area contributed by atoms with Crippen molar-refractivity contribution in [2.24, 2.45) is 10.9 Å². The van der Waals surface area contributed by atoms with Gasteiger partial charge in [0.1, 0.15) is 17.4 Å². The lowest BCUT2D eigenvalue weighted by molar-refractivity contribution is -0.117. The molecule has 0 radical (unpaired) electrons. The maximum Gasteiger partial charge on any atom is 0.253 e. The largest absolute Gasteiger partial charge is 0.494 e. The van der Waals surface area contributed by atoms with Gasteiger partial charge in [0.05, 0.1) is 30.2 Å². The molecular formula is C34H44F2N4O3. The summed E-state index contributed by atoms with van der Waals surface area (Å²) < 4.78 is 34.8. The fraction of sp³-hybridized carbons (Fsp3) is 0.353. The van der Waals surface area contributed by atoms with Crippen LogP contribution >= 0.6 is 0 Å². The minimum absolute atomic E-state index is 0.0238. The Morgan fingerprint density at radius 3 is 2.40 bits per heavy atom. The molecule has 0 bridgehead atoms. The second kappa shape index (κ2) is 17.0. The highest BCUT2D eigenvalue weighted by atomic mass is 19.1. The number of benzene rings is 1. The van der Waals surface area contributed by atoms with Gasteiger partial charge in [-0.25, -0.2) is 8.78 Å². The van der Waals surface area contributed by atoms with Crippen molar-refractivity contribution < 1.29 is 23.4 Å². The van der Waals surface area contributed by atoms with E-state index in [9.17, 15) is 13.6 Å². The monoisotopic (exact) mass is 594 g/mol. The van der Waals surface area contributed by atoms with Crippen LogP contribution in [0, 0.1) is 17.6 Å². The Morgan fingerprint density at radius 2 is 1.86 bits per heavy atom. The number of allylic oxidation sites excluding steroid dienone is 7. The van der Waals surface area contributed by atoms with E-state index in [1.165, 1.54) is 12.1 Å². The van der Waals surface area contributed by atoms with Crippen LogP contribution in [0.25, 0.3) is 0 Å². The fourth-order valence-corrected chi connectivity index (χ4v) is 4.50. The number of aliphatic hydroxyl groups is 1. The van der Waals surface area contributed by atoms with E-state index in [0.29, 0.717) is 34.8 Å². The molecule has 232 valence electrons. The Morgan fingerprint density at radius 1 is 1.21 bits per heavy atom. The van der Waals surface area contributed by atoms with Crippen LogP contribution in [0.3, 0.4) is 0 Å². The van der Waals surface area contributed by atoms with Crippen molar-refractivity contribution in [1.82, 2.24) is 15.5 Å². The van der Waals surface area contributed by atoms with Gasteiger partial charge in [-0.2, -0.15) is 0 Å². The summed E-state index contributed by atoms with van der Waals surface area (Å²) in [5.41, 5.74) is 4.51. The molecule has 0 aliphatic heterocycles. The number of rotatable bonds is 17. The number of hydrogen-bond acceptors (Lipinski definition) is 6. The second-order valence-corrected chi connectivity index (χ2v) is 10.1. The summed E-state index contributed by atoms with van der Waals surface area (Å²) >= 11 is 0. The number of carbonyl (C=O) groups is 1. The number of aliphatic imine (C=N–C) groups is 1. The molecule has 1 aliphatic rings. The Labute approximate surface area is 254 Å². The Balaban J connectivity index is 2.19. The van der Waals surface area contributed by atoms with Gasteiger partial charge in [0, 0.05) is 55.4 Å². The van der Waals surface area contributed by atoms with Gasteiger partial charge in [-0.05, 0) is 69.8 Å². The topological polar surface area (TPSA) is 86.2 Å². The van der Waals surface area contributed by atoms with Crippen molar-refractivity contribution in [3.63, 3.8) is 0 Å². The minimum atomic E-state index is -0.648. The Bertz CT molecular complexity index is 1340. The number of nitrogens with one attached hydrogen (secondary N) is 2. The molecule has 3 N–H and O–H groups in total. The Kier molecular flexibility index (Phi) is 13.8. The van der Waals surface area contributed by atoms with Crippen molar-refractivity contribution in [3.8, 4) is 5.75 Å². The van der Waals surface area contributed by atoms with Crippen LogP contribution in [-0.2, 0) is 11.3 Å². The van der Waals surface area contributed by atoms with E-state index in [1.807, 2.05) is 25.8 Å². The SMILES string of the molecule is C=C/C=C(N/C(C)=C/C=NC(=C)C(=C)/C(C)=C(/C1CC1)N(C)Cc1c(F)cc(OCC)cc1F)\C(=C/C)C(=O)NCCO. The van der Waals surface area contributed by atoms with Gasteiger partial charge in [-0.15, -0.1) is 0 Å². The number of ether oxygens (including phenoxy) is 1. The van der Waals surface area contributed by atoms with Gasteiger partial charge >= 0.3 is 0 Å². The third-order valence-electron chi connectivity index (χ3n) is 6.77. The molecule has 2 rings (SSSR count). The summed E-state index contributed by atoms with van der Waals surface area (Å²) in [4.78, 5) is 18.8. The van der Waals surface area contributed by atoms with E-state index in [4.69, 9.17) is 9.84 Å². The van der Waals surface area contributed by atoms with Gasteiger partial charge in [0.15, 0.2) is 0 Å². The maximum absolute atomic E-state index is 14.8. The summed E-state index contributed by atoms with van der Waals surface area (Å²) in [5.74, 6) is -1.19. The molecule has 0 atom stereocenters. The lowest BCUT2D eigenvalue weighted by atomic mass is 10.0. The third kappa shape index (κ3) is 10.2. The van der Waals surface area contributed by atoms with Crippen LogP contribution in [0.2, 0.25) is 0 Å². The second-order valence-electron chi connectivity index (χ2n) is 10.1. The van der Waals surface area contributed by atoms with Crippen molar-refractivity contribution >= 4 is 12.1 Å². The van der Waals surface area contributed by atoms with E-state index >= 15 is 0 Å². The van der Waals surface area contributed by atoms with Crippen molar-refractivity contribution in [1.29, 1.82) is 0 Å². The molecule has 0 aromatic heterocycles. The molecular weight excluding hydrogens is 550 g/mol. The minimum Gasteiger partial charge on any atom is -0.494 e. The average Bonchev–Trinajstić information content (AvgIpc) is 3.79. The molecule has 0 unspecified atom stereocenters. The molecule has 1 aliphatic carbocycles. The number of hydrogen-bond donors (Lipinski definition) is 3. The number of aliphatic hydroxyl groups excluding tert-OH is 1. The number of nitrogens with zero attached hydrogens (tertiary/aromatic N) is 2. The smallest absolute Gasteiger partial charge is 0.253 e. The van der Waals surface area contributed by atoms with Crippen LogP contribution < -0.4 is 15.4 Å². The predicted molar refractivity (Wildman–Crippen MR) is 170 cm³/mol. The zero-order valence-corrected chi connectivity index (χ0v) is 25.9. The molecule has 1 aromatic carbocycles. The predicted octanol–water partition coefficient (Wildman–Crippen LogP) is 6.24. The van der Waals surface area contributed by atoms with E-state index in [-0.39, 0.29) is 42.8 Å². The lowest BCUT2D eigenvalue weighted by Crippen LogP contribution is -2.30. The van der Waals surface area contributed by atoms with Crippen molar-refractivity contribution in [2.75, 3.05) is 26.8 Å². The molecule has 0 spiro atoms. The van der Waals surface area contributed by atoms with Crippen LogP contribution in [0.15, 0.2) is 101 Å². The molecule has 43 heavy (non-hydrogen) atoms. The van der Waals surface area contributed by atoms with Crippen molar-refractivity contribution in [2.45, 2.75) is 47.1 Å². The highest BCUT2D eigenvalue weighted by Gasteiger charge is 2.31. The van der Waals surface area contributed by atoms with Gasteiger partial charge in [-0.1, -0.05) is 31.9 Å². The number of carbonyl (C=O) groups excluding carboxylic acids is 1. The summed E-state index contributed by atoms with van der Waals surface area (Å²) in [6.07, 6.45) is 10.2. The maximum atomic E-state index is 14.8. The Hall–Kier alpha value is -4.24. The number of halogens is 2. The average molecular weight is 595 g/mol. The van der Waals surface area contributed by atoms with E-state index in [1.54, 1.807) is 44.4 Å². The third-order valence-corrected chi connectivity index (χ3v) is 6.77. The first-order valence-corrected chi connectivity index (χ1v) is 14.3. The number of amides is 1. The first-order valence-electron chi connectivity index (χ1n) is 14.3. The first-order chi connectivity index (χ1) is 20.5. The first kappa shape index (κ1) is 35.0.